The topological polar surface area (TPSA) is 75.1 Å². The molecule has 6 heteroatoms. The first-order valence-electron chi connectivity index (χ1n) is 7.49. The third-order valence-corrected chi connectivity index (χ3v) is 4.83. The van der Waals surface area contributed by atoms with Crippen LogP contribution in [0.1, 0.15) is 49.0 Å². The van der Waals surface area contributed by atoms with E-state index < -0.39 is 5.97 Å². The van der Waals surface area contributed by atoms with Crippen molar-refractivity contribution in [3.05, 3.63) is 38.9 Å². The molecule has 1 aliphatic rings. The van der Waals surface area contributed by atoms with Crippen molar-refractivity contribution < 1.29 is 9.90 Å². The van der Waals surface area contributed by atoms with E-state index in [0.717, 1.165) is 25.7 Å². The van der Waals surface area contributed by atoms with E-state index in [1.54, 1.807) is 10.6 Å². The van der Waals surface area contributed by atoms with Gasteiger partial charge in [0.05, 0.1) is 16.5 Å². The first kappa shape index (κ1) is 15.0. The maximum Gasteiger partial charge on any atom is 0.335 e. The van der Waals surface area contributed by atoms with Crippen LogP contribution in [0.25, 0.3) is 10.9 Å². The second-order valence-corrected chi connectivity index (χ2v) is 6.47. The molecule has 1 saturated carbocycles. The van der Waals surface area contributed by atoms with Gasteiger partial charge in [-0.3, -0.25) is 9.36 Å². The molecule has 0 radical (unpaired) electrons. The third-order valence-electron chi connectivity index (χ3n) is 4.53. The number of hydrogen-bond acceptors (Lipinski definition) is 3. The van der Waals surface area contributed by atoms with E-state index in [1.165, 1.54) is 12.1 Å². The molecule has 1 aromatic carbocycles. The standard InChI is InChI=1S/C16H18N2O3S/c1-9-2-5-11(6-3-9)18-14(19)12-7-4-10(15(20)21)8-13(12)17-16(18)22/h4,7-9,11H,2-3,5-6H2,1H3,(H,17,22)(H,20,21). The van der Waals surface area contributed by atoms with Gasteiger partial charge in [-0.05, 0) is 62.0 Å². The Balaban J connectivity index is 2.13. The Bertz CT molecular complexity index is 845. The molecule has 2 N–H and O–H groups in total. The number of nitrogens with one attached hydrogen (secondary N) is 1. The minimum atomic E-state index is -1.02. The molecule has 1 heterocycles. The number of benzene rings is 1. The molecule has 1 aliphatic carbocycles. The van der Waals surface area contributed by atoms with Gasteiger partial charge in [-0.2, -0.15) is 0 Å². The van der Waals surface area contributed by atoms with Crippen molar-refractivity contribution in [3.63, 3.8) is 0 Å². The molecule has 0 unspecified atom stereocenters. The van der Waals surface area contributed by atoms with E-state index in [-0.39, 0.29) is 17.2 Å². The zero-order valence-corrected chi connectivity index (χ0v) is 13.2. The van der Waals surface area contributed by atoms with Crippen LogP contribution in [0.5, 0.6) is 0 Å². The van der Waals surface area contributed by atoms with Crippen LogP contribution in [0.4, 0.5) is 0 Å². The van der Waals surface area contributed by atoms with Gasteiger partial charge in [-0.15, -0.1) is 0 Å². The number of carboxylic acids is 1. The van der Waals surface area contributed by atoms with E-state index in [2.05, 4.69) is 11.9 Å². The molecule has 0 aliphatic heterocycles. The summed E-state index contributed by atoms with van der Waals surface area (Å²) < 4.78 is 2.05. The largest absolute Gasteiger partial charge is 0.478 e. The molecular formula is C16H18N2O3S. The van der Waals surface area contributed by atoms with Crippen LogP contribution in [0.3, 0.4) is 0 Å². The molecule has 2 aromatic rings. The summed E-state index contributed by atoms with van der Waals surface area (Å²) in [7, 11) is 0. The number of H-pyrrole nitrogens is 1. The number of aromatic carboxylic acids is 1. The van der Waals surface area contributed by atoms with Crippen molar-refractivity contribution in [1.29, 1.82) is 0 Å². The molecular weight excluding hydrogens is 300 g/mol. The highest BCUT2D eigenvalue weighted by molar-refractivity contribution is 7.71. The zero-order chi connectivity index (χ0) is 15.9. The Kier molecular flexibility index (Phi) is 3.87. The summed E-state index contributed by atoms with van der Waals surface area (Å²) in [6.07, 6.45) is 4.11. The number of carbonyl (C=O) groups is 1. The van der Waals surface area contributed by atoms with Gasteiger partial charge in [-0.25, -0.2) is 4.79 Å². The summed E-state index contributed by atoms with van der Waals surface area (Å²) in [5.41, 5.74) is 0.493. The first-order chi connectivity index (χ1) is 10.5. The number of hydrogen-bond donors (Lipinski definition) is 2. The van der Waals surface area contributed by atoms with Crippen molar-refractivity contribution in [1.82, 2.24) is 9.55 Å². The third kappa shape index (κ3) is 2.59. The lowest BCUT2D eigenvalue weighted by molar-refractivity contribution is 0.0697. The van der Waals surface area contributed by atoms with Gasteiger partial charge < -0.3 is 10.1 Å². The van der Waals surface area contributed by atoms with Gasteiger partial charge in [0.15, 0.2) is 4.77 Å². The lowest BCUT2D eigenvalue weighted by Gasteiger charge is -2.27. The highest BCUT2D eigenvalue weighted by Crippen LogP contribution is 2.31. The average molecular weight is 318 g/mol. The number of rotatable bonds is 2. The smallest absolute Gasteiger partial charge is 0.335 e. The average Bonchev–Trinajstić information content (AvgIpc) is 2.48. The van der Waals surface area contributed by atoms with E-state index in [0.29, 0.717) is 21.6 Å². The summed E-state index contributed by atoms with van der Waals surface area (Å²) in [5.74, 6) is -0.324. The van der Waals surface area contributed by atoms with E-state index >= 15 is 0 Å². The lowest BCUT2D eigenvalue weighted by atomic mass is 9.87. The minimum absolute atomic E-state index is 0.129. The Morgan fingerprint density at radius 3 is 2.64 bits per heavy atom. The zero-order valence-electron chi connectivity index (χ0n) is 12.3. The molecule has 1 aromatic heterocycles. The minimum Gasteiger partial charge on any atom is -0.478 e. The Morgan fingerprint density at radius 1 is 1.32 bits per heavy atom. The molecule has 5 nitrogen and oxygen atoms in total. The molecule has 116 valence electrons. The summed E-state index contributed by atoms with van der Waals surface area (Å²) >= 11 is 5.35. The number of nitrogens with zero attached hydrogens (tertiary/aromatic N) is 1. The number of carboxylic acid groups (broad SMARTS) is 1. The van der Waals surface area contributed by atoms with Gasteiger partial charge in [0.25, 0.3) is 5.56 Å². The van der Waals surface area contributed by atoms with Crippen LogP contribution in [0, 0.1) is 10.7 Å². The number of fused-ring (bicyclic) bond motifs is 1. The van der Waals surface area contributed by atoms with Gasteiger partial charge in [0, 0.05) is 6.04 Å². The van der Waals surface area contributed by atoms with Crippen molar-refractivity contribution >= 4 is 29.1 Å². The molecule has 3 rings (SSSR count). The van der Waals surface area contributed by atoms with Crippen LogP contribution in [0.2, 0.25) is 0 Å². The second kappa shape index (κ2) is 5.68. The van der Waals surface area contributed by atoms with E-state index in [9.17, 15) is 9.59 Å². The molecule has 0 bridgehead atoms. The Morgan fingerprint density at radius 2 is 2.00 bits per heavy atom. The molecule has 0 amide bonds. The monoisotopic (exact) mass is 318 g/mol. The summed E-state index contributed by atoms with van der Waals surface area (Å²) in [6, 6.07) is 4.61. The van der Waals surface area contributed by atoms with Gasteiger partial charge >= 0.3 is 5.97 Å². The fraction of sp³-hybridized carbons (Fsp3) is 0.438. The van der Waals surface area contributed by atoms with Crippen LogP contribution in [-0.4, -0.2) is 20.6 Å². The molecule has 22 heavy (non-hydrogen) atoms. The molecule has 1 fully saturated rings. The summed E-state index contributed by atoms with van der Waals surface area (Å²) in [5, 5.41) is 9.53. The molecule has 0 spiro atoms. The fourth-order valence-electron chi connectivity index (χ4n) is 3.20. The quantitative estimate of drug-likeness (QED) is 0.831. The predicted octanol–water partition coefficient (Wildman–Crippen LogP) is 3.51. The van der Waals surface area contributed by atoms with Crippen LogP contribution in [0.15, 0.2) is 23.0 Å². The second-order valence-electron chi connectivity index (χ2n) is 6.08. The maximum atomic E-state index is 12.7. The highest BCUT2D eigenvalue weighted by Gasteiger charge is 2.22. The fourth-order valence-corrected chi connectivity index (χ4v) is 3.54. The van der Waals surface area contributed by atoms with Crippen molar-refractivity contribution in [2.24, 2.45) is 5.92 Å². The molecule has 0 saturated heterocycles. The normalized spacial score (nSPS) is 21.9. The summed E-state index contributed by atoms with van der Waals surface area (Å²) in [6.45, 7) is 2.23. The number of aromatic nitrogens is 2. The van der Waals surface area contributed by atoms with Crippen LogP contribution in [-0.2, 0) is 0 Å². The van der Waals surface area contributed by atoms with Crippen molar-refractivity contribution in [2.45, 2.75) is 38.6 Å². The summed E-state index contributed by atoms with van der Waals surface area (Å²) in [4.78, 5) is 26.8. The number of aromatic amines is 1. The van der Waals surface area contributed by atoms with E-state index in [1.807, 2.05) is 0 Å². The Labute approximate surface area is 132 Å². The highest BCUT2D eigenvalue weighted by atomic mass is 32.1. The van der Waals surface area contributed by atoms with E-state index in [4.69, 9.17) is 17.3 Å². The first-order valence-corrected chi connectivity index (χ1v) is 7.90. The lowest BCUT2D eigenvalue weighted by Crippen LogP contribution is -2.29. The van der Waals surface area contributed by atoms with Gasteiger partial charge in [-0.1, -0.05) is 6.92 Å². The molecule has 0 atom stereocenters. The van der Waals surface area contributed by atoms with Gasteiger partial charge in [0.1, 0.15) is 0 Å². The van der Waals surface area contributed by atoms with Crippen LogP contribution >= 0.6 is 12.2 Å². The SMILES string of the molecule is CC1CCC(n2c(=S)[nH]c3cc(C(=O)O)ccc3c2=O)CC1. The Hall–Kier alpha value is -1.95. The predicted molar refractivity (Wildman–Crippen MR) is 87.0 cm³/mol. The van der Waals surface area contributed by atoms with Gasteiger partial charge in [0.2, 0.25) is 0 Å². The van der Waals surface area contributed by atoms with Crippen molar-refractivity contribution in [3.8, 4) is 0 Å². The maximum absolute atomic E-state index is 12.7. The van der Waals surface area contributed by atoms with Crippen LogP contribution < -0.4 is 5.56 Å². The van der Waals surface area contributed by atoms with Crippen molar-refractivity contribution in [2.75, 3.05) is 0 Å².